The van der Waals surface area contributed by atoms with Crippen LogP contribution in [-0.4, -0.2) is 102 Å². The summed E-state index contributed by atoms with van der Waals surface area (Å²) in [6.07, 6.45) is 7.91. The molecule has 8 unspecified atom stereocenters. The molecule has 8 heteroatoms. The van der Waals surface area contributed by atoms with E-state index in [1.807, 2.05) is 0 Å². The quantitative estimate of drug-likeness (QED) is 0.394. The van der Waals surface area contributed by atoms with Crippen LogP contribution in [0.4, 0.5) is 0 Å². The maximum absolute atomic E-state index is 12.4. The van der Waals surface area contributed by atoms with E-state index in [-0.39, 0.29) is 46.1 Å². The van der Waals surface area contributed by atoms with Gasteiger partial charge in [-0.15, -0.1) is 0 Å². The number of ether oxygens (including phenoxy) is 4. The summed E-state index contributed by atoms with van der Waals surface area (Å²) >= 11 is 0. The van der Waals surface area contributed by atoms with Crippen LogP contribution in [-0.2, 0) is 18.9 Å². The van der Waals surface area contributed by atoms with Crippen LogP contribution in [0.3, 0.4) is 0 Å². The molecule has 15 atom stereocenters. The molecule has 8 rings (SSSR count). The van der Waals surface area contributed by atoms with Gasteiger partial charge in [-0.2, -0.15) is 0 Å². The van der Waals surface area contributed by atoms with Crippen LogP contribution in [0.5, 0.6) is 0 Å². The van der Waals surface area contributed by atoms with Crippen molar-refractivity contribution < 1.29 is 34.3 Å². The first-order chi connectivity index (χ1) is 21.6. The number of aliphatic hydroxyl groups excluding tert-OH is 2. The monoisotopic (exact) mass is 645 g/mol. The van der Waals surface area contributed by atoms with Crippen LogP contribution in [0.1, 0.15) is 106 Å². The van der Waals surface area contributed by atoms with Gasteiger partial charge in [0.05, 0.1) is 43.2 Å². The van der Waals surface area contributed by atoms with Crippen molar-refractivity contribution in [2.75, 3.05) is 32.9 Å². The topological polar surface area (TPSA) is 101 Å². The highest BCUT2D eigenvalue weighted by Gasteiger charge is 2.84. The Morgan fingerprint density at radius 3 is 2.41 bits per heavy atom. The molecule has 0 bridgehead atoms. The van der Waals surface area contributed by atoms with Crippen molar-refractivity contribution in [1.82, 2.24) is 4.90 Å². The molecular formula is C38H63NO7. The van der Waals surface area contributed by atoms with E-state index < -0.39 is 23.9 Å². The van der Waals surface area contributed by atoms with E-state index in [2.05, 4.69) is 39.5 Å². The van der Waals surface area contributed by atoms with E-state index in [4.69, 9.17) is 18.9 Å². The number of hydrogen-bond donors (Lipinski definition) is 3. The van der Waals surface area contributed by atoms with Gasteiger partial charge in [0.15, 0.2) is 6.29 Å². The first-order valence-electron chi connectivity index (χ1n) is 18.9. The standard InChI is InChI=1S/C38H63NO7/c1-22-18-24(31(40)34(4,5)42)45-30-29(22)35(6)13-14-38-21-37(38)12-10-27(46-28-19-39(15-17-44-28)23-11-16-43-20-23)33(2,3)25(37)8-9-26(38)36(35,7)32(30)41/h22-32,40-42H,8-21H2,1-7H3/t22-,23-,24?,25+,26?,27?,28+,29+,30?,31?,32+,35?,36-,37?,38?/m1/s1. The molecule has 0 aromatic heterocycles. The van der Waals surface area contributed by atoms with Gasteiger partial charge in [0.1, 0.15) is 6.10 Å². The molecule has 8 aliphatic rings. The van der Waals surface area contributed by atoms with Gasteiger partial charge in [-0.1, -0.05) is 34.6 Å². The normalized spacial score (nSPS) is 55.4. The van der Waals surface area contributed by atoms with E-state index >= 15 is 0 Å². The van der Waals surface area contributed by atoms with Crippen LogP contribution in [0.15, 0.2) is 0 Å². The maximum atomic E-state index is 12.4. The fourth-order valence-corrected chi connectivity index (χ4v) is 14.3. The van der Waals surface area contributed by atoms with Gasteiger partial charge in [0.25, 0.3) is 0 Å². The van der Waals surface area contributed by atoms with Crippen molar-refractivity contribution in [2.24, 2.45) is 50.7 Å². The van der Waals surface area contributed by atoms with Crippen molar-refractivity contribution in [2.45, 2.75) is 155 Å². The minimum Gasteiger partial charge on any atom is -0.390 e. The Hall–Kier alpha value is -0.320. The summed E-state index contributed by atoms with van der Waals surface area (Å²) in [5.41, 5.74) is -0.804. The number of fused-ring (bicyclic) bond motifs is 4. The Kier molecular flexibility index (Phi) is 7.57. The highest BCUT2D eigenvalue weighted by atomic mass is 16.7. The fraction of sp³-hybridized carbons (Fsp3) is 1.00. The molecule has 3 N–H and O–H groups in total. The first kappa shape index (κ1) is 32.9. The third-order valence-electron chi connectivity index (χ3n) is 16.6. The summed E-state index contributed by atoms with van der Waals surface area (Å²) in [5, 5.41) is 34.1. The Balaban J connectivity index is 1.02. The Labute approximate surface area is 277 Å². The van der Waals surface area contributed by atoms with Crippen molar-refractivity contribution in [1.29, 1.82) is 0 Å². The van der Waals surface area contributed by atoms with E-state index in [1.54, 1.807) is 13.8 Å². The zero-order valence-corrected chi connectivity index (χ0v) is 29.7. The number of morpholine rings is 1. The summed E-state index contributed by atoms with van der Waals surface area (Å²) in [7, 11) is 0. The van der Waals surface area contributed by atoms with Crippen LogP contribution in [0, 0.1) is 50.7 Å². The summed E-state index contributed by atoms with van der Waals surface area (Å²) in [4.78, 5) is 2.53. The Bertz CT molecular complexity index is 1180. The minimum absolute atomic E-state index is 0.0158. The molecule has 0 radical (unpaired) electrons. The highest BCUT2D eigenvalue weighted by Crippen LogP contribution is 2.89. The molecular weight excluding hydrogens is 582 g/mol. The average molecular weight is 646 g/mol. The molecule has 8 fully saturated rings. The molecule has 2 spiro atoms. The zero-order valence-electron chi connectivity index (χ0n) is 29.7. The SMILES string of the molecule is C[C@@H]1CC(C(O)C(C)(C)O)OC2[C@H]1C1(C)CCC34CC35CCC(O[C@H]3CN([C@@H]6CCOC6)CCO3)C(C)(C)[C@@H]5CCC4[C@]1(C)[C@H]2O. The number of hydrogen-bond acceptors (Lipinski definition) is 8. The van der Waals surface area contributed by atoms with Crippen molar-refractivity contribution in [3.05, 3.63) is 0 Å². The van der Waals surface area contributed by atoms with Crippen molar-refractivity contribution >= 4 is 0 Å². The molecule has 5 aliphatic carbocycles. The summed E-state index contributed by atoms with van der Waals surface area (Å²) in [6.45, 7) is 19.7. The first-order valence-corrected chi connectivity index (χ1v) is 18.9. The third kappa shape index (κ3) is 4.26. The lowest BCUT2D eigenvalue weighted by atomic mass is 9.41. The van der Waals surface area contributed by atoms with E-state index in [9.17, 15) is 15.3 Å². The predicted molar refractivity (Wildman–Crippen MR) is 174 cm³/mol. The zero-order chi connectivity index (χ0) is 32.7. The summed E-state index contributed by atoms with van der Waals surface area (Å²) in [5.74, 6) is 1.66. The Morgan fingerprint density at radius 1 is 0.957 bits per heavy atom. The van der Waals surface area contributed by atoms with Crippen molar-refractivity contribution in [3.8, 4) is 0 Å². The van der Waals surface area contributed by atoms with Gasteiger partial charge in [-0.3, -0.25) is 4.90 Å². The maximum Gasteiger partial charge on any atom is 0.170 e. The third-order valence-corrected chi connectivity index (χ3v) is 16.6. The van der Waals surface area contributed by atoms with Crippen LogP contribution < -0.4 is 0 Å². The second-order valence-electron chi connectivity index (χ2n) is 19.1. The van der Waals surface area contributed by atoms with E-state index in [0.717, 1.165) is 65.0 Å². The summed E-state index contributed by atoms with van der Waals surface area (Å²) < 4.78 is 25.5. The van der Waals surface area contributed by atoms with Crippen LogP contribution >= 0.6 is 0 Å². The minimum atomic E-state index is -1.24. The van der Waals surface area contributed by atoms with Gasteiger partial charge in [0.2, 0.25) is 0 Å². The molecule has 0 amide bonds. The largest absolute Gasteiger partial charge is 0.390 e. The van der Waals surface area contributed by atoms with Gasteiger partial charge in [-0.05, 0) is 117 Å². The predicted octanol–water partition coefficient (Wildman–Crippen LogP) is 4.76. The second kappa shape index (κ2) is 10.6. The van der Waals surface area contributed by atoms with E-state index in [0.29, 0.717) is 29.2 Å². The lowest BCUT2D eigenvalue weighted by Crippen LogP contribution is -2.60. The summed E-state index contributed by atoms with van der Waals surface area (Å²) in [6, 6.07) is 0.498. The molecule has 46 heavy (non-hydrogen) atoms. The lowest BCUT2D eigenvalue weighted by molar-refractivity contribution is -0.251. The average Bonchev–Trinajstić information content (AvgIpc) is 3.26. The molecule has 3 aliphatic heterocycles. The number of nitrogens with zero attached hydrogens (tertiary/aromatic N) is 1. The van der Waals surface area contributed by atoms with Gasteiger partial charge < -0.3 is 34.3 Å². The number of rotatable bonds is 5. The highest BCUT2D eigenvalue weighted by molar-refractivity contribution is 5.33. The molecule has 0 aromatic rings. The van der Waals surface area contributed by atoms with Crippen LogP contribution in [0.25, 0.3) is 0 Å². The van der Waals surface area contributed by atoms with Gasteiger partial charge in [0, 0.05) is 31.2 Å². The smallest absolute Gasteiger partial charge is 0.170 e. The second-order valence-corrected chi connectivity index (χ2v) is 19.1. The Morgan fingerprint density at radius 2 is 1.70 bits per heavy atom. The number of aliphatic hydroxyl groups is 3. The van der Waals surface area contributed by atoms with Crippen molar-refractivity contribution in [3.63, 3.8) is 0 Å². The molecule has 262 valence electrons. The van der Waals surface area contributed by atoms with E-state index in [1.165, 1.54) is 25.7 Å². The molecule has 0 aromatic carbocycles. The molecule has 8 nitrogen and oxygen atoms in total. The molecule has 5 saturated carbocycles. The van der Waals surface area contributed by atoms with Gasteiger partial charge in [-0.25, -0.2) is 0 Å². The molecule has 3 saturated heterocycles. The van der Waals surface area contributed by atoms with Crippen LogP contribution in [0.2, 0.25) is 0 Å². The molecule has 3 heterocycles. The van der Waals surface area contributed by atoms with Gasteiger partial charge >= 0.3 is 0 Å². The fourth-order valence-electron chi connectivity index (χ4n) is 14.3. The lowest BCUT2D eigenvalue weighted by Gasteiger charge is -2.64.